The van der Waals surface area contributed by atoms with Crippen LogP contribution in [-0.2, 0) is 9.53 Å². The van der Waals surface area contributed by atoms with Crippen molar-refractivity contribution in [2.24, 2.45) is 4.99 Å². The number of rotatable bonds is 9. The largest absolute Gasteiger partial charge is 0.466 e. The molecule has 0 atom stereocenters. The zero-order valence-corrected chi connectivity index (χ0v) is 16.0. The van der Waals surface area contributed by atoms with Crippen LogP contribution in [0.5, 0.6) is 0 Å². The van der Waals surface area contributed by atoms with Gasteiger partial charge in [-0.15, -0.1) is 0 Å². The smallest absolute Gasteiger partial charge is 0.305 e. The first-order chi connectivity index (χ1) is 11.5. The summed E-state index contributed by atoms with van der Waals surface area (Å²) >= 11 is 0. The van der Waals surface area contributed by atoms with Gasteiger partial charge in [-0.1, -0.05) is 6.42 Å². The van der Waals surface area contributed by atoms with Crippen LogP contribution < -0.4 is 10.6 Å². The van der Waals surface area contributed by atoms with Gasteiger partial charge in [-0.2, -0.15) is 0 Å². The molecule has 1 fully saturated rings. The number of piperidine rings is 1. The number of esters is 1. The Hall–Kier alpha value is -1.30. The van der Waals surface area contributed by atoms with Crippen LogP contribution in [0.25, 0.3) is 0 Å². The van der Waals surface area contributed by atoms with Gasteiger partial charge in [0.2, 0.25) is 0 Å². The van der Waals surface area contributed by atoms with Gasteiger partial charge >= 0.3 is 5.97 Å². The van der Waals surface area contributed by atoms with Crippen molar-refractivity contribution >= 4 is 11.9 Å². The van der Waals surface area contributed by atoms with Gasteiger partial charge in [0.15, 0.2) is 5.96 Å². The van der Waals surface area contributed by atoms with Crippen LogP contribution in [-0.4, -0.2) is 61.7 Å². The van der Waals surface area contributed by atoms with E-state index >= 15 is 0 Å². The van der Waals surface area contributed by atoms with Crippen LogP contribution >= 0.6 is 0 Å². The molecule has 0 aromatic carbocycles. The second-order valence-corrected chi connectivity index (χ2v) is 6.89. The third-order valence-electron chi connectivity index (χ3n) is 4.34. The topological polar surface area (TPSA) is 66.0 Å². The number of hydrogen-bond acceptors (Lipinski definition) is 4. The van der Waals surface area contributed by atoms with E-state index in [-0.39, 0.29) is 11.5 Å². The Labute approximate surface area is 147 Å². The molecule has 0 aliphatic carbocycles. The van der Waals surface area contributed by atoms with Gasteiger partial charge in [-0.05, 0) is 60.0 Å². The Kier molecular flexibility index (Phi) is 9.76. The van der Waals surface area contributed by atoms with Gasteiger partial charge in [0, 0.05) is 25.0 Å². The summed E-state index contributed by atoms with van der Waals surface area (Å²) in [4.78, 5) is 18.6. The van der Waals surface area contributed by atoms with Crippen LogP contribution in [0.15, 0.2) is 4.99 Å². The maximum Gasteiger partial charge on any atom is 0.305 e. The molecule has 0 unspecified atom stereocenters. The fraction of sp³-hybridized carbons (Fsp3) is 0.889. The van der Waals surface area contributed by atoms with Gasteiger partial charge in [0.1, 0.15) is 0 Å². The average Bonchev–Trinajstić information content (AvgIpc) is 2.57. The van der Waals surface area contributed by atoms with E-state index in [0.29, 0.717) is 13.0 Å². The number of carbonyl (C=O) groups excluding carboxylic acids is 1. The van der Waals surface area contributed by atoms with Crippen molar-refractivity contribution in [2.75, 3.05) is 39.3 Å². The second-order valence-electron chi connectivity index (χ2n) is 6.89. The fourth-order valence-electron chi connectivity index (χ4n) is 2.89. The number of guanidine groups is 1. The number of hydrogen-bond donors (Lipinski definition) is 2. The monoisotopic (exact) mass is 340 g/mol. The summed E-state index contributed by atoms with van der Waals surface area (Å²) in [6.07, 6.45) is 5.12. The quantitative estimate of drug-likeness (QED) is 0.291. The molecule has 0 spiro atoms. The second kappa shape index (κ2) is 11.3. The van der Waals surface area contributed by atoms with Crippen LogP contribution in [0.2, 0.25) is 0 Å². The molecule has 1 rings (SSSR count). The fourth-order valence-corrected chi connectivity index (χ4v) is 2.89. The van der Waals surface area contributed by atoms with Crippen molar-refractivity contribution in [1.29, 1.82) is 0 Å². The standard InChI is InChI=1S/C18H36N4O2/c1-5-19-17(20-12-10-11-16(23)24-6-2)21-15-18(3,4)22-13-8-7-9-14-22/h5-15H2,1-4H3,(H2,19,20,21). The summed E-state index contributed by atoms with van der Waals surface area (Å²) < 4.78 is 4.94. The van der Waals surface area contributed by atoms with Gasteiger partial charge in [-0.3, -0.25) is 14.7 Å². The van der Waals surface area contributed by atoms with E-state index < -0.39 is 0 Å². The number of ether oxygens (including phenoxy) is 1. The van der Waals surface area contributed by atoms with Gasteiger partial charge in [0.25, 0.3) is 0 Å². The molecule has 0 bridgehead atoms. The zero-order valence-electron chi connectivity index (χ0n) is 16.0. The number of likely N-dealkylation sites (tertiary alicyclic amines) is 1. The van der Waals surface area contributed by atoms with Crippen LogP contribution in [0.1, 0.15) is 59.8 Å². The number of nitrogens with one attached hydrogen (secondary N) is 2. The highest BCUT2D eigenvalue weighted by Crippen LogP contribution is 2.20. The molecule has 0 aromatic heterocycles. The van der Waals surface area contributed by atoms with E-state index in [1.165, 1.54) is 32.4 Å². The predicted molar refractivity (Wildman–Crippen MR) is 99.4 cm³/mol. The highest BCUT2D eigenvalue weighted by molar-refractivity contribution is 5.79. The van der Waals surface area contributed by atoms with Crippen molar-refractivity contribution in [3.05, 3.63) is 0 Å². The maximum absolute atomic E-state index is 11.3. The Morgan fingerprint density at radius 2 is 1.88 bits per heavy atom. The average molecular weight is 341 g/mol. The normalized spacial score (nSPS) is 16.8. The molecule has 140 valence electrons. The lowest BCUT2D eigenvalue weighted by atomic mass is 9.99. The molecule has 24 heavy (non-hydrogen) atoms. The molecule has 1 heterocycles. The first-order valence-corrected chi connectivity index (χ1v) is 9.42. The minimum Gasteiger partial charge on any atom is -0.466 e. The molecule has 0 radical (unpaired) electrons. The van der Waals surface area contributed by atoms with Crippen molar-refractivity contribution in [3.8, 4) is 0 Å². The molecule has 1 aliphatic heterocycles. The summed E-state index contributed by atoms with van der Waals surface area (Å²) in [5, 5.41) is 6.58. The Morgan fingerprint density at radius 3 is 2.50 bits per heavy atom. The molecular weight excluding hydrogens is 304 g/mol. The van der Waals surface area contributed by atoms with Crippen molar-refractivity contribution in [1.82, 2.24) is 15.5 Å². The van der Waals surface area contributed by atoms with Crippen LogP contribution in [0.3, 0.4) is 0 Å². The van der Waals surface area contributed by atoms with Gasteiger partial charge < -0.3 is 15.4 Å². The molecule has 6 heteroatoms. The Morgan fingerprint density at radius 1 is 1.17 bits per heavy atom. The van der Waals surface area contributed by atoms with E-state index in [4.69, 9.17) is 9.73 Å². The third kappa shape index (κ3) is 7.99. The first-order valence-electron chi connectivity index (χ1n) is 9.42. The van der Waals surface area contributed by atoms with Gasteiger partial charge in [-0.25, -0.2) is 0 Å². The van der Waals surface area contributed by atoms with E-state index in [9.17, 15) is 4.79 Å². The summed E-state index contributed by atoms with van der Waals surface area (Å²) in [6.45, 7) is 13.5. The Balaban J connectivity index is 2.41. The van der Waals surface area contributed by atoms with Crippen molar-refractivity contribution in [2.45, 2.75) is 65.3 Å². The lowest BCUT2D eigenvalue weighted by Crippen LogP contribution is -2.49. The zero-order chi connectivity index (χ0) is 17.8. The molecule has 0 aromatic rings. The van der Waals surface area contributed by atoms with Crippen molar-refractivity contribution < 1.29 is 9.53 Å². The van der Waals surface area contributed by atoms with E-state index in [1.54, 1.807) is 0 Å². The minimum absolute atomic E-state index is 0.0771. The highest BCUT2D eigenvalue weighted by atomic mass is 16.5. The lowest BCUT2D eigenvalue weighted by molar-refractivity contribution is -0.143. The molecule has 1 aliphatic rings. The molecule has 2 N–H and O–H groups in total. The highest BCUT2D eigenvalue weighted by Gasteiger charge is 2.27. The van der Waals surface area contributed by atoms with Crippen molar-refractivity contribution in [3.63, 3.8) is 0 Å². The Bertz CT molecular complexity index is 390. The van der Waals surface area contributed by atoms with E-state index in [1.807, 2.05) is 6.92 Å². The van der Waals surface area contributed by atoms with Gasteiger partial charge in [0.05, 0.1) is 13.2 Å². The number of nitrogens with zero attached hydrogens (tertiary/aromatic N) is 2. The van der Waals surface area contributed by atoms with E-state index in [0.717, 1.165) is 32.0 Å². The third-order valence-corrected chi connectivity index (χ3v) is 4.34. The minimum atomic E-state index is -0.132. The summed E-state index contributed by atoms with van der Waals surface area (Å²) in [7, 11) is 0. The molecule has 0 saturated carbocycles. The maximum atomic E-state index is 11.3. The predicted octanol–water partition coefficient (Wildman–Crippen LogP) is 2.15. The van der Waals surface area contributed by atoms with E-state index in [2.05, 4.69) is 36.3 Å². The number of aliphatic imine (C=N–C) groups is 1. The van der Waals surface area contributed by atoms with Crippen LogP contribution in [0, 0.1) is 0 Å². The summed E-state index contributed by atoms with van der Waals surface area (Å²) in [5.74, 6) is 0.693. The number of carbonyl (C=O) groups is 1. The molecule has 1 saturated heterocycles. The SMILES string of the molecule is CCNC(=NCC(C)(C)N1CCCCC1)NCCCC(=O)OCC. The summed E-state index contributed by atoms with van der Waals surface area (Å²) in [6, 6.07) is 0. The molecule has 0 amide bonds. The molecular formula is C18H36N4O2. The molecule has 6 nitrogen and oxygen atoms in total. The first kappa shape index (κ1) is 20.7. The summed E-state index contributed by atoms with van der Waals surface area (Å²) in [5.41, 5.74) is 0.0771. The lowest BCUT2D eigenvalue weighted by Gasteiger charge is -2.40. The van der Waals surface area contributed by atoms with Crippen LogP contribution in [0.4, 0.5) is 0 Å².